The number of hydrogen-bond donors (Lipinski definition) is 3. The summed E-state index contributed by atoms with van der Waals surface area (Å²) in [5, 5.41) is 15.3. The van der Waals surface area contributed by atoms with Crippen molar-refractivity contribution in [2.24, 2.45) is 0 Å². The van der Waals surface area contributed by atoms with Crippen LogP contribution in [0.3, 0.4) is 0 Å². The molecule has 0 aromatic heterocycles. The van der Waals surface area contributed by atoms with Crippen molar-refractivity contribution in [3.63, 3.8) is 0 Å². The van der Waals surface area contributed by atoms with Gasteiger partial charge in [0.1, 0.15) is 11.4 Å². The number of benzene rings is 2. The van der Waals surface area contributed by atoms with Crippen molar-refractivity contribution in [2.45, 2.75) is 0 Å². The number of halogens is 2. The van der Waals surface area contributed by atoms with Crippen LogP contribution < -0.4 is 10.6 Å². The number of rotatable bonds is 2. The number of amides is 1. The highest BCUT2D eigenvalue weighted by molar-refractivity contribution is 9.11. The van der Waals surface area contributed by atoms with Gasteiger partial charge in [-0.25, -0.2) is 0 Å². The minimum absolute atomic E-state index is 0.0108. The van der Waals surface area contributed by atoms with Gasteiger partial charge in [0.25, 0.3) is 5.91 Å². The molecule has 1 aliphatic rings. The van der Waals surface area contributed by atoms with Crippen molar-refractivity contribution in [3.8, 4) is 5.75 Å². The number of phenolic OH excluding ortho intramolecular Hbond substituents is 1. The molecule has 0 saturated heterocycles. The predicted molar refractivity (Wildman–Crippen MR) is 94.6 cm³/mol. The zero-order chi connectivity index (χ0) is 16.6. The summed E-state index contributed by atoms with van der Waals surface area (Å²) >= 11 is 6.35. The highest BCUT2D eigenvalue weighted by atomic mass is 79.9. The zero-order valence-corrected chi connectivity index (χ0v) is 14.7. The van der Waals surface area contributed by atoms with E-state index < -0.39 is 0 Å². The average molecular weight is 438 g/mol. The summed E-state index contributed by atoms with van der Waals surface area (Å²) in [4.78, 5) is 24.4. The van der Waals surface area contributed by atoms with Crippen molar-refractivity contribution >= 4 is 54.9 Å². The molecular weight excluding hydrogens is 428 g/mol. The molecule has 1 heterocycles. The first-order valence-electron chi connectivity index (χ1n) is 6.57. The normalized spacial score (nSPS) is 14.9. The maximum absolute atomic E-state index is 12.4. The van der Waals surface area contributed by atoms with Crippen LogP contribution in [-0.2, 0) is 4.79 Å². The molecule has 0 unspecified atom stereocenters. The molecule has 0 spiro atoms. The maximum Gasteiger partial charge on any atom is 0.272 e. The minimum Gasteiger partial charge on any atom is -0.506 e. The topological polar surface area (TPSA) is 78.4 Å². The second kappa shape index (κ2) is 6.17. The van der Waals surface area contributed by atoms with Gasteiger partial charge in [-0.2, -0.15) is 0 Å². The lowest BCUT2D eigenvalue weighted by Crippen LogP contribution is -2.26. The molecule has 0 radical (unpaired) electrons. The molecule has 23 heavy (non-hydrogen) atoms. The van der Waals surface area contributed by atoms with Crippen molar-refractivity contribution in [3.05, 3.63) is 62.7 Å². The summed E-state index contributed by atoms with van der Waals surface area (Å²) < 4.78 is 0.778. The first-order chi connectivity index (χ1) is 11.0. The lowest BCUT2D eigenvalue weighted by Gasteiger charge is -2.20. The molecule has 2 aromatic rings. The van der Waals surface area contributed by atoms with E-state index in [1.807, 2.05) is 12.1 Å². The van der Waals surface area contributed by atoms with Gasteiger partial charge in [0.15, 0.2) is 5.78 Å². The number of aromatic hydroxyl groups is 1. The number of phenols is 1. The van der Waals surface area contributed by atoms with Crippen molar-refractivity contribution in [1.82, 2.24) is 0 Å². The monoisotopic (exact) mass is 436 g/mol. The number of allylic oxidation sites excluding steroid dienone is 1. The first-order valence-corrected chi connectivity index (χ1v) is 8.16. The molecule has 5 nitrogen and oxygen atoms in total. The van der Waals surface area contributed by atoms with E-state index in [1.54, 1.807) is 12.1 Å². The average Bonchev–Trinajstić information content (AvgIpc) is 2.52. The van der Waals surface area contributed by atoms with Gasteiger partial charge in [-0.15, -0.1) is 0 Å². The standard InChI is InChI=1S/C16H10Br2N2O3/c17-9-5-8(6-10(18)15(9)22)14(21)7-13-16(23)20-12-4-2-1-3-11(12)19-13/h1-7,19,22H,(H,20,23)/b13-7-. The van der Waals surface area contributed by atoms with Crippen molar-refractivity contribution < 1.29 is 14.7 Å². The largest absolute Gasteiger partial charge is 0.506 e. The summed E-state index contributed by atoms with van der Waals surface area (Å²) in [6.07, 6.45) is 1.23. The van der Waals surface area contributed by atoms with E-state index in [4.69, 9.17) is 0 Å². The van der Waals surface area contributed by atoms with Crippen LogP contribution in [0.15, 0.2) is 57.1 Å². The molecule has 0 fully saturated rings. The smallest absolute Gasteiger partial charge is 0.272 e. The Morgan fingerprint density at radius 3 is 2.22 bits per heavy atom. The van der Waals surface area contributed by atoms with Gasteiger partial charge in [-0.1, -0.05) is 12.1 Å². The summed E-state index contributed by atoms with van der Waals surface area (Å²) in [7, 11) is 0. The second-order valence-corrected chi connectivity index (χ2v) is 6.54. The van der Waals surface area contributed by atoms with Crippen LogP contribution in [-0.4, -0.2) is 16.8 Å². The van der Waals surface area contributed by atoms with Gasteiger partial charge in [-0.05, 0) is 56.1 Å². The number of carbonyl (C=O) groups excluding carboxylic acids is 2. The number of carbonyl (C=O) groups is 2. The summed E-state index contributed by atoms with van der Waals surface area (Å²) in [5.74, 6) is -0.728. The number of ketones is 1. The minimum atomic E-state index is -0.381. The Hall–Kier alpha value is -2.12. The molecule has 116 valence electrons. The van der Waals surface area contributed by atoms with Gasteiger partial charge in [-0.3, -0.25) is 9.59 Å². The molecule has 7 heteroatoms. The molecule has 3 rings (SSSR count). The highest BCUT2D eigenvalue weighted by Gasteiger charge is 2.20. The van der Waals surface area contributed by atoms with Crippen LogP contribution >= 0.6 is 31.9 Å². The SMILES string of the molecule is O=C1Nc2ccccc2N/C1=C\C(=O)c1cc(Br)c(O)c(Br)c1. The summed E-state index contributed by atoms with van der Waals surface area (Å²) in [6.45, 7) is 0. The first kappa shape index (κ1) is 15.8. The Balaban J connectivity index is 1.93. The van der Waals surface area contributed by atoms with E-state index >= 15 is 0 Å². The van der Waals surface area contributed by atoms with E-state index in [2.05, 4.69) is 42.5 Å². The van der Waals surface area contributed by atoms with E-state index in [0.29, 0.717) is 20.2 Å². The van der Waals surface area contributed by atoms with Gasteiger partial charge in [0.05, 0.1) is 20.3 Å². The second-order valence-electron chi connectivity index (χ2n) is 4.84. The van der Waals surface area contributed by atoms with Gasteiger partial charge in [0, 0.05) is 11.6 Å². The summed E-state index contributed by atoms with van der Waals surface area (Å²) in [5.41, 5.74) is 1.88. The third kappa shape index (κ3) is 3.16. The van der Waals surface area contributed by atoms with Gasteiger partial charge in [0.2, 0.25) is 0 Å². The predicted octanol–water partition coefficient (Wildman–Crippen LogP) is 4.05. The Morgan fingerprint density at radius 2 is 1.61 bits per heavy atom. The van der Waals surface area contributed by atoms with Crippen LogP contribution in [0.4, 0.5) is 11.4 Å². The lowest BCUT2D eigenvalue weighted by atomic mass is 10.1. The maximum atomic E-state index is 12.4. The fraction of sp³-hybridized carbons (Fsp3) is 0. The van der Waals surface area contributed by atoms with E-state index in [9.17, 15) is 14.7 Å². The van der Waals surface area contributed by atoms with Crippen molar-refractivity contribution in [2.75, 3.05) is 10.6 Å². The Bertz CT molecular complexity index is 839. The Labute approximate surface area is 148 Å². The fourth-order valence-electron chi connectivity index (χ4n) is 2.12. The van der Waals surface area contributed by atoms with Gasteiger partial charge >= 0.3 is 0 Å². The van der Waals surface area contributed by atoms with E-state index in [0.717, 1.165) is 5.69 Å². The Kier molecular flexibility index (Phi) is 4.23. The molecular formula is C16H10Br2N2O3. The molecule has 0 atom stereocenters. The van der Waals surface area contributed by atoms with Crippen LogP contribution in [0.5, 0.6) is 5.75 Å². The van der Waals surface area contributed by atoms with Crippen molar-refractivity contribution in [1.29, 1.82) is 0 Å². The number of fused-ring (bicyclic) bond motifs is 1. The Morgan fingerprint density at radius 1 is 1.04 bits per heavy atom. The molecule has 0 bridgehead atoms. The third-order valence-electron chi connectivity index (χ3n) is 3.27. The lowest BCUT2D eigenvalue weighted by molar-refractivity contribution is -0.112. The molecule has 3 N–H and O–H groups in total. The van der Waals surface area contributed by atoms with Crippen LogP contribution in [0, 0.1) is 0 Å². The van der Waals surface area contributed by atoms with Crippen LogP contribution in [0.25, 0.3) is 0 Å². The number of para-hydroxylation sites is 2. The van der Waals surface area contributed by atoms with E-state index in [1.165, 1.54) is 18.2 Å². The highest BCUT2D eigenvalue weighted by Crippen LogP contribution is 2.34. The van der Waals surface area contributed by atoms with Crippen LogP contribution in [0.1, 0.15) is 10.4 Å². The van der Waals surface area contributed by atoms with E-state index in [-0.39, 0.29) is 23.1 Å². The third-order valence-corrected chi connectivity index (χ3v) is 4.48. The summed E-state index contributed by atoms with van der Waals surface area (Å²) in [6, 6.07) is 10.2. The molecule has 0 saturated carbocycles. The molecule has 2 aromatic carbocycles. The number of hydrogen-bond acceptors (Lipinski definition) is 4. The van der Waals surface area contributed by atoms with Crippen LogP contribution in [0.2, 0.25) is 0 Å². The quantitative estimate of drug-likeness (QED) is 0.489. The zero-order valence-electron chi connectivity index (χ0n) is 11.6. The molecule has 1 aliphatic heterocycles. The fourth-order valence-corrected chi connectivity index (χ4v) is 3.30. The number of anilines is 2. The molecule has 1 amide bonds. The number of nitrogens with one attached hydrogen (secondary N) is 2. The van der Waals surface area contributed by atoms with Gasteiger partial charge < -0.3 is 15.7 Å². The molecule has 0 aliphatic carbocycles.